The van der Waals surface area contributed by atoms with Gasteiger partial charge >= 0.3 is 0 Å². The number of para-hydroxylation sites is 1. The van der Waals surface area contributed by atoms with Crippen LogP contribution < -0.4 is 9.62 Å². The van der Waals surface area contributed by atoms with Crippen LogP contribution in [0.15, 0.2) is 83.3 Å². The predicted octanol–water partition coefficient (Wildman–Crippen LogP) is 5.42. The molecule has 0 unspecified atom stereocenters. The molecule has 0 radical (unpaired) electrons. The zero-order valence-corrected chi connectivity index (χ0v) is 25.6. The van der Waals surface area contributed by atoms with Crippen molar-refractivity contribution in [1.82, 2.24) is 10.2 Å². The maximum atomic E-state index is 14.1. The molecule has 0 fully saturated rings. The lowest BCUT2D eigenvalue weighted by Crippen LogP contribution is -2.56. The monoisotopic (exact) mass is 633 g/mol. The van der Waals surface area contributed by atoms with Crippen molar-refractivity contribution in [2.45, 2.75) is 45.3 Å². The third-order valence-electron chi connectivity index (χ3n) is 5.81. The normalized spacial score (nSPS) is 12.5. The van der Waals surface area contributed by atoms with E-state index in [-0.39, 0.29) is 29.6 Å². The van der Waals surface area contributed by atoms with Gasteiger partial charge in [-0.15, -0.1) is 0 Å². The number of amides is 2. The Morgan fingerprint density at radius 3 is 2.15 bits per heavy atom. The first-order valence-electron chi connectivity index (χ1n) is 12.4. The summed E-state index contributed by atoms with van der Waals surface area (Å²) in [5.41, 5.74) is 1.29. The van der Waals surface area contributed by atoms with Crippen molar-refractivity contribution in [3.8, 4) is 0 Å². The third kappa shape index (κ3) is 9.08. The number of rotatable bonds is 10. The second kappa shape index (κ2) is 13.0. The number of nitrogens with zero attached hydrogens (tertiary/aromatic N) is 2. The van der Waals surface area contributed by atoms with Gasteiger partial charge in [0, 0.05) is 23.0 Å². The highest BCUT2D eigenvalue weighted by Gasteiger charge is 2.34. The van der Waals surface area contributed by atoms with E-state index >= 15 is 0 Å². The number of sulfonamides is 1. The lowest BCUT2D eigenvalue weighted by atomic mass is 10.0. The summed E-state index contributed by atoms with van der Waals surface area (Å²) >= 11 is 9.80. The summed E-state index contributed by atoms with van der Waals surface area (Å²) in [6.45, 7) is 5.17. The second-order valence-electron chi connectivity index (χ2n) is 10.3. The fraction of sp³-hybridized carbons (Fsp3) is 0.310. The van der Waals surface area contributed by atoms with Gasteiger partial charge in [-0.1, -0.05) is 82.1 Å². The number of carbonyl (C=O) groups excluding carboxylic acids is 2. The molecule has 3 aromatic carbocycles. The standard InChI is InChI=1S/C29H33BrClN3O4S/c1-29(2,3)32-28(36)26(18-21-11-6-5-7-12-21)33(19-22-13-10-14-23(30)17-22)27(35)20-34(39(4,37)38)25-16-9-8-15-24(25)31/h5-17,26H,18-20H2,1-4H3,(H,32,36)/t26-/m1/s1. The number of halogens is 2. The van der Waals surface area contributed by atoms with Crippen molar-refractivity contribution in [3.63, 3.8) is 0 Å². The van der Waals surface area contributed by atoms with E-state index in [9.17, 15) is 18.0 Å². The first kappa shape index (κ1) is 30.7. The summed E-state index contributed by atoms with van der Waals surface area (Å²) in [6, 6.07) is 22.4. The molecule has 1 N–H and O–H groups in total. The zero-order chi connectivity index (χ0) is 28.8. The lowest BCUT2D eigenvalue weighted by Gasteiger charge is -2.35. The first-order valence-corrected chi connectivity index (χ1v) is 15.4. The van der Waals surface area contributed by atoms with Crippen molar-refractivity contribution in [2.75, 3.05) is 17.1 Å². The molecule has 3 aromatic rings. The van der Waals surface area contributed by atoms with Gasteiger partial charge in [0.25, 0.3) is 0 Å². The van der Waals surface area contributed by atoms with Gasteiger partial charge in [0.05, 0.1) is 17.0 Å². The third-order valence-corrected chi connectivity index (χ3v) is 7.75. The quantitative estimate of drug-likeness (QED) is 0.323. The van der Waals surface area contributed by atoms with Gasteiger partial charge in [-0.25, -0.2) is 8.42 Å². The Morgan fingerprint density at radius 2 is 1.56 bits per heavy atom. The molecule has 1 atom stereocenters. The van der Waals surface area contributed by atoms with Crippen LogP contribution >= 0.6 is 27.5 Å². The summed E-state index contributed by atoms with van der Waals surface area (Å²) in [6.07, 6.45) is 1.27. The average molecular weight is 635 g/mol. The van der Waals surface area contributed by atoms with E-state index in [1.54, 1.807) is 24.3 Å². The number of hydrogen-bond donors (Lipinski definition) is 1. The molecular weight excluding hydrogens is 602 g/mol. The van der Waals surface area contributed by atoms with Gasteiger partial charge in [0.1, 0.15) is 12.6 Å². The minimum atomic E-state index is -3.89. The number of carbonyl (C=O) groups is 2. The van der Waals surface area contributed by atoms with E-state index in [0.717, 1.165) is 26.2 Å². The maximum absolute atomic E-state index is 14.1. The fourth-order valence-electron chi connectivity index (χ4n) is 4.09. The highest BCUT2D eigenvalue weighted by molar-refractivity contribution is 9.10. The van der Waals surface area contributed by atoms with Gasteiger partial charge < -0.3 is 10.2 Å². The van der Waals surface area contributed by atoms with Crippen molar-refractivity contribution in [2.24, 2.45) is 0 Å². The van der Waals surface area contributed by atoms with Crippen molar-refractivity contribution in [3.05, 3.63) is 99.5 Å². The molecular formula is C29H33BrClN3O4S. The highest BCUT2D eigenvalue weighted by atomic mass is 79.9. The van der Waals surface area contributed by atoms with Gasteiger partial charge in [-0.05, 0) is 56.2 Å². The average Bonchev–Trinajstić information content (AvgIpc) is 2.84. The molecule has 0 aliphatic carbocycles. The summed E-state index contributed by atoms with van der Waals surface area (Å²) in [4.78, 5) is 29.2. The zero-order valence-electron chi connectivity index (χ0n) is 22.4. The molecule has 39 heavy (non-hydrogen) atoms. The van der Waals surface area contributed by atoms with Gasteiger partial charge in [-0.3, -0.25) is 13.9 Å². The molecule has 0 heterocycles. The van der Waals surface area contributed by atoms with Crippen LogP contribution in [0.25, 0.3) is 0 Å². The Labute approximate surface area is 244 Å². The number of hydrogen-bond acceptors (Lipinski definition) is 4. The molecule has 208 valence electrons. The molecule has 2 amide bonds. The van der Waals surface area contributed by atoms with E-state index in [2.05, 4.69) is 21.2 Å². The Morgan fingerprint density at radius 1 is 0.949 bits per heavy atom. The van der Waals surface area contributed by atoms with E-state index in [1.807, 2.05) is 75.4 Å². The molecule has 0 aliphatic heterocycles. The maximum Gasteiger partial charge on any atom is 0.244 e. The van der Waals surface area contributed by atoms with Crippen molar-refractivity contribution < 1.29 is 18.0 Å². The first-order chi connectivity index (χ1) is 18.2. The van der Waals surface area contributed by atoms with Crippen LogP contribution in [-0.4, -0.2) is 49.5 Å². The van der Waals surface area contributed by atoms with E-state index < -0.39 is 34.1 Å². The van der Waals surface area contributed by atoms with E-state index in [4.69, 9.17) is 11.6 Å². The van der Waals surface area contributed by atoms with Crippen LogP contribution in [0.3, 0.4) is 0 Å². The van der Waals surface area contributed by atoms with Gasteiger partial charge in [0.15, 0.2) is 0 Å². The second-order valence-corrected chi connectivity index (χ2v) is 13.5. The van der Waals surface area contributed by atoms with E-state index in [0.29, 0.717) is 0 Å². The molecule has 0 spiro atoms. The van der Waals surface area contributed by atoms with Crippen LogP contribution in [0, 0.1) is 0 Å². The van der Waals surface area contributed by atoms with Crippen molar-refractivity contribution >= 4 is 55.1 Å². The van der Waals surface area contributed by atoms with Crippen LogP contribution in [0.1, 0.15) is 31.9 Å². The van der Waals surface area contributed by atoms with Crippen LogP contribution in [0.4, 0.5) is 5.69 Å². The minimum Gasteiger partial charge on any atom is -0.350 e. The number of anilines is 1. The topological polar surface area (TPSA) is 86.8 Å². The molecule has 0 bridgehead atoms. The smallest absolute Gasteiger partial charge is 0.244 e. The Kier molecular flexibility index (Phi) is 10.2. The molecule has 0 saturated carbocycles. The lowest BCUT2D eigenvalue weighted by molar-refractivity contribution is -0.140. The summed E-state index contributed by atoms with van der Waals surface area (Å²) < 4.78 is 27.5. The molecule has 0 aromatic heterocycles. The van der Waals surface area contributed by atoms with E-state index in [1.165, 1.54) is 4.90 Å². The number of nitrogens with one attached hydrogen (secondary N) is 1. The Hall–Kier alpha value is -2.88. The van der Waals surface area contributed by atoms with Gasteiger partial charge in [-0.2, -0.15) is 0 Å². The predicted molar refractivity (Wildman–Crippen MR) is 160 cm³/mol. The highest BCUT2D eigenvalue weighted by Crippen LogP contribution is 2.28. The Balaban J connectivity index is 2.09. The van der Waals surface area contributed by atoms with Crippen LogP contribution in [0.2, 0.25) is 5.02 Å². The van der Waals surface area contributed by atoms with Crippen LogP contribution in [-0.2, 0) is 32.6 Å². The minimum absolute atomic E-state index is 0.0907. The molecule has 7 nitrogen and oxygen atoms in total. The summed E-state index contributed by atoms with van der Waals surface area (Å²) in [5.74, 6) is -0.872. The fourth-order valence-corrected chi connectivity index (χ4v) is 5.68. The summed E-state index contributed by atoms with van der Waals surface area (Å²) in [5, 5.41) is 3.20. The largest absolute Gasteiger partial charge is 0.350 e. The Bertz CT molecular complexity index is 1410. The van der Waals surface area contributed by atoms with Crippen LogP contribution in [0.5, 0.6) is 0 Å². The number of benzene rings is 3. The molecule has 0 saturated heterocycles. The SMILES string of the molecule is CC(C)(C)NC(=O)[C@@H](Cc1ccccc1)N(Cc1cccc(Br)c1)C(=O)CN(c1ccccc1Cl)S(C)(=O)=O. The summed E-state index contributed by atoms with van der Waals surface area (Å²) in [7, 11) is -3.89. The van der Waals surface area contributed by atoms with Gasteiger partial charge in [0.2, 0.25) is 21.8 Å². The molecule has 0 aliphatic rings. The molecule has 10 heteroatoms. The molecule has 3 rings (SSSR count). The van der Waals surface area contributed by atoms with Crippen molar-refractivity contribution in [1.29, 1.82) is 0 Å².